The molecule has 1 fully saturated rings. The molecule has 0 aromatic carbocycles. The van der Waals surface area contributed by atoms with Gasteiger partial charge in [-0.15, -0.1) is 11.3 Å². The third-order valence-electron chi connectivity index (χ3n) is 3.99. The van der Waals surface area contributed by atoms with E-state index in [1.54, 1.807) is 12.1 Å². The number of carbonyl (C=O) groups excluding carboxylic acids is 1. The summed E-state index contributed by atoms with van der Waals surface area (Å²) in [5.41, 5.74) is 0. The van der Waals surface area contributed by atoms with Gasteiger partial charge in [0.2, 0.25) is 5.91 Å². The van der Waals surface area contributed by atoms with Crippen LogP contribution in [0.2, 0.25) is 0 Å². The van der Waals surface area contributed by atoms with Gasteiger partial charge in [0.25, 0.3) is 10.0 Å². The minimum atomic E-state index is -3.45. The van der Waals surface area contributed by atoms with E-state index in [2.05, 4.69) is 5.32 Å². The third kappa shape index (κ3) is 4.53. The number of ether oxygens (including phenoxy) is 1. The first-order valence-corrected chi connectivity index (χ1v) is 10.2. The van der Waals surface area contributed by atoms with Gasteiger partial charge in [0.15, 0.2) is 0 Å². The maximum Gasteiger partial charge on any atom is 0.252 e. The number of thiophene rings is 1. The highest BCUT2D eigenvalue weighted by molar-refractivity contribution is 7.91. The molecule has 0 bridgehead atoms. The van der Waals surface area contributed by atoms with Crippen LogP contribution in [0.3, 0.4) is 0 Å². The Morgan fingerprint density at radius 1 is 1.30 bits per heavy atom. The Kier molecular flexibility index (Phi) is 6.58. The number of hydrogen-bond donors (Lipinski definition) is 1. The van der Waals surface area contributed by atoms with Gasteiger partial charge < -0.3 is 10.1 Å². The van der Waals surface area contributed by atoms with Gasteiger partial charge in [0.1, 0.15) is 4.21 Å². The summed E-state index contributed by atoms with van der Waals surface area (Å²) in [6.45, 7) is 6.00. The summed E-state index contributed by atoms with van der Waals surface area (Å²) in [5, 5.41) is 2.89. The summed E-state index contributed by atoms with van der Waals surface area (Å²) in [5.74, 6) is 0.0486. The second-order valence-corrected chi connectivity index (χ2v) is 8.80. The zero-order valence-corrected chi connectivity index (χ0v) is 15.2. The summed E-state index contributed by atoms with van der Waals surface area (Å²) in [4.78, 5) is 12.8. The maximum atomic E-state index is 12.5. The molecule has 1 aromatic rings. The monoisotopic (exact) mass is 360 g/mol. The average Bonchev–Trinajstić information content (AvgIpc) is 3.04. The Morgan fingerprint density at radius 2 is 1.96 bits per heavy atom. The number of rotatable bonds is 7. The molecule has 1 amide bonds. The number of nitrogens with zero attached hydrogens (tertiary/aromatic N) is 1. The first-order valence-electron chi connectivity index (χ1n) is 7.93. The lowest BCUT2D eigenvalue weighted by molar-refractivity contribution is -0.125. The van der Waals surface area contributed by atoms with E-state index < -0.39 is 10.0 Å². The lowest BCUT2D eigenvalue weighted by Gasteiger charge is -2.25. The fourth-order valence-corrected chi connectivity index (χ4v) is 5.34. The van der Waals surface area contributed by atoms with E-state index in [4.69, 9.17) is 4.74 Å². The van der Waals surface area contributed by atoms with Gasteiger partial charge in [0, 0.05) is 23.9 Å². The van der Waals surface area contributed by atoms with Gasteiger partial charge >= 0.3 is 0 Å². The van der Waals surface area contributed by atoms with Crippen LogP contribution in [-0.2, 0) is 26.1 Å². The van der Waals surface area contributed by atoms with Crippen LogP contribution in [0.5, 0.6) is 0 Å². The molecule has 23 heavy (non-hydrogen) atoms. The smallest absolute Gasteiger partial charge is 0.252 e. The molecule has 1 aliphatic rings. The van der Waals surface area contributed by atoms with E-state index in [-0.39, 0.29) is 11.8 Å². The Morgan fingerprint density at radius 3 is 2.57 bits per heavy atom. The summed E-state index contributed by atoms with van der Waals surface area (Å²) in [7, 11) is -3.45. The van der Waals surface area contributed by atoms with Crippen molar-refractivity contribution in [3.63, 3.8) is 0 Å². The lowest BCUT2D eigenvalue weighted by atomic mass is 10.0. The molecular formula is C15H24N2O4S2. The maximum absolute atomic E-state index is 12.5. The molecule has 1 N–H and O–H groups in total. The minimum Gasteiger partial charge on any atom is -0.379 e. The van der Waals surface area contributed by atoms with Crippen molar-refractivity contribution in [3.8, 4) is 0 Å². The van der Waals surface area contributed by atoms with Crippen molar-refractivity contribution in [2.45, 2.75) is 37.4 Å². The Hall–Kier alpha value is -0.960. The molecule has 1 aliphatic heterocycles. The van der Waals surface area contributed by atoms with Crippen molar-refractivity contribution >= 4 is 27.3 Å². The van der Waals surface area contributed by atoms with Crippen molar-refractivity contribution in [1.82, 2.24) is 9.62 Å². The largest absolute Gasteiger partial charge is 0.379 e. The van der Waals surface area contributed by atoms with Crippen molar-refractivity contribution in [2.75, 3.05) is 26.3 Å². The number of carbonyl (C=O) groups is 1. The Labute approximate surface area is 141 Å². The Balaban J connectivity index is 1.98. The van der Waals surface area contributed by atoms with Gasteiger partial charge in [0.05, 0.1) is 19.8 Å². The van der Waals surface area contributed by atoms with Crippen molar-refractivity contribution in [1.29, 1.82) is 0 Å². The molecule has 130 valence electrons. The summed E-state index contributed by atoms with van der Waals surface area (Å²) >= 11 is 1.22. The predicted molar refractivity (Wildman–Crippen MR) is 89.8 cm³/mol. The number of nitrogens with one attached hydrogen (secondary N) is 1. The van der Waals surface area contributed by atoms with Crippen molar-refractivity contribution in [2.24, 2.45) is 5.92 Å². The molecular weight excluding hydrogens is 336 g/mol. The van der Waals surface area contributed by atoms with Crippen LogP contribution >= 0.6 is 11.3 Å². The summed E-state index contributed by atoms with van der Waals surface area (Å²) < 4.78 is 32.0. The second-order valence-electron chi connectivity index (χ2n) is 5.47. The molecule has 0 aliphatic carbocycles. The SMILES string of the molecule is CCC(CC)C(=O)NCc1ccc(S(=O)(=O)N2CCOCC2)s1. The molecule has 1 aromatic heterocycles. The fraction of sp³-hybridized carbons (Fsp3) is 0.667. The molecule has 0 spiro atoms. The highest BCUT2D eigenvalue weighted by Crippen LogP contribution is 2.25. The predicted octanol–water partition coefficient (Wildman–Crippen LogP) is 1.82. The minimum absolute atomic E-state index is 0.0199. The highest BCUT2D eigenvalue weighted by atomic mass is 32.2. The van der Waals surface area contributed by atoms with Gasteiger partial charge in [-0.1, -0.05) is 13.8 Å². The summed E-state index contributed by atoms with van der Waals surface area (Å²) in [6.07, 6.45) is 1.62. The van der Waals surface area contributed by atoms with Crippen LogP contribution in [0, 0.1) is 5.92 Å². The van der Waals surface area contributed by atoms with E-state index in [1.165, 1.54) is 15.6 Å². The van der Waals surface area contributed by atoms with E-state index in [0.717, 1.165) is 17.7 Å². The molecule has 0 radical (unpaired) electrons. The van der Waals surface area contributed by atoms with Gasteiger partial charge in [-0.3, -0.25) is 4.79 Å². The summed E-state index contributed by atoms with van der Waals surface area (Å²) in [6, 6.07) is 3.39. The highest BCUT2D eigenvalue weighted by Gasteiger charge is 2.27. The third-order valence-corrected chi connectivity index (χ3v) is 7.45. The van der Waals surface area contributed by atoms with Crippen molar-refractivity contribution in [3.05, 3.63) is 17.0 Å². The molecule has 1 saturated heterocycles. The average molecular weight is 361 g/mol. The van der Waals surface area contributed by atoms with Gasteiger partial charge in [-0.05, 0) is 25.0 Å². The molecule has 0 saturated carbocycles. The molecule has 0 atom stereocenters. The first-order chi connectivity index (χ1) is 11.0. The van der Waals surface area contributed by atoms with Crippen LogP contribution < -0.4 is 5.32 Å². The van der Waals surface area contributed by atoms with Crippen LogP contribution in [-0.4, -0.2) is 44.9 Å². The zero-order chi connectivity index (χ0) is 16.9. The van der Waals surface area contributed by atoms with E-state index in [9.17, 15) is 13.2 Å². The zero-order valence-electron chi connectivity index (χ0n) is 13.6. The molecule has 2 heterocycles. The first kappa shape index (κ1) is 18.4. The van der Waals surface area contributed by atoms with Gasteiger partial charge in [-0.25, -0.2) is 8.42 Å². The lowest BCUT2D eigenvalue weighted by Crippen LogP contribution is -2.40. The second kappa shape index (κ2) is 8.23. The van der Waals surface area contributed by atoms with Crippen LogP contribution in [0.4, 0.5) is 0 Å². The quantitative estimate of drug-likeness (QED) is 0.805. The van der Waals surface area contributed by atoms with Crippen LogP contribution in [0.25, 0.3) is 0 Å². The standard InChI is InChI=1S/C15H24N2O4S2/c1-3-12(4-2)15(18)16-11-13-5-6-14(22-13)23(19,20)17-7-9-21-10-8-17/h5-6,12H,3-4,7-11H2,1-2H3,(H,16,18). The number of amides is 1. The number of sulfonamides is 1. The van der Waals surface area contributed by atoms with E-state index in [1.807, 2.05) is 13.8 Å². The Bertz CT molecular complexity index is 617. The van der Waals surface area contributed by atoms with E-state index in [0.29, 0.717) is 37.1 Å². The van der Waals surface area contributed by atoms with Crippen LogP contribution in [0.15, 0.2) is 16.3 Å². The molecule has 8 heteroatoms. The number of hydrogen-bond acceptors (Lipinski definition) is 5. The van der Waals surface area contributed by atoms with Gasteiger partial charge in [-0.2, -0.15) is 4.31 Å². The fourth-order valence-electron chi connectivity index (χ4n) is 2.48. The van der Waals surface area contributed by atoms with Crippen LogP contribution in [0.1, 0.15) is 31.6 Å². The molecule has 0 unspecified atom stereocenters. The van der Waals surface area contributed by atoms with Crippen molar-refractivity contribution < 1.29 is 17.9 Å². The normalized spacial score (nSPS) is 16.7. The topological polar surface area (TPSA) is 75.7 Å². The van der Waals surface area contributed by atoms with E-state index >= 15 is 0 Å². The number of morpholine rings is 1. The molecule has 6 nitrogen and oxygen atoms in total. The molecule has 2 rings (SSSR count).